The SMILES string of the molecule is CCO[Si](O)(O)[O][Al]([O]C(C)=O)[O][N+](=O)[O-]. The van der Waals surface area contributed by atoms with Crippen LogP contribution in [0.3, 0.4) is 0 Å². The van der Waals surface area contributed by atoms with Crippen molar-refractivity contribution in [3.05, 3.63) is 10.1 Å². The molecule has 0 aliphatic rings. The predicted octanol–water partition coefficient (Wildman–Crippen LogP) is -1.78. The van der Waals surface area contributed by atoms with E-state index in [9.17, 15) is 14.9 Å². The lowest BCUT2D eigenvalue weighted by Crippen LogP contribution is -2.50. The Kier molecular flexibility index (Phi) is 6.45. The van der Waals surface area contributed by atoms with E-state index in [4.69, 9.17) is 9.59 Å². The largest absolute Gasteiger partial charge is 1.01 e. The molecule has 0 bridgehead atoms. The summed E-state index contributed by atoms with van der Waals surface area (Å²) in [5.74, 6) is -0.903. The lowest BCUT2D eigenvalue weighted by molar-refractivity contribution is -0.724. The van der Waals surface area contributed by atoms with E-state index in [0.29, 0.717) is 0 Å². The molecule has 0 aliphatic carbocycles. The van der Waals surface area contributed by atoms with Crippen molar-refractivity contribution in [3.63, 3.8) is 0 Å². The number of carbonyl (C=O) groups is 1. The van der Waals surface area contributed by atoms with Gasteiger partial charge in [-0.15, -0.1) is 10.1 Å². The van der Waals surface area contributed by atoms with Crippen molar-refractivity contribution >= 4 is 30.2 Å². The zero-order valence-electron chi connectivity index (χ0n) is 8.48. The number of rotatable bonds is 7. The third-order valence-corrected chi connectivity index (χ3v) is 4.55. The van der Waals surface area contributed by atoms with Gasteiger partial charge >= 0.3 is 24.2 Å². The molecule has 0 spiro atoms. The molecule has 2 N–H and O–H groups in total. The Morgan fingerprint density at radius 3 is 2.50 bits per heavy atom. The molecule has 0 fully saturated rings. The van der Waals surface area contributed by atoms with Gasteiger partial charge in [-0.05, 0) is 6.92 Å². The van der Waals surface area contributed by atoms with Crippen LogP contribution >= 0.6 is 0 Å². The van der Waals surface area contributed by atoms with Crippen LogP contribution in [0.25, 0.3) is 0 Å². The van der Waals surface area contributed by atoms with E-state index >= 15 is 0 Å². The van der Waals surface area contributed by atoms with Crippen LogP contribution in [0.4, 0.5) is 0 Å². The number of hydrogen-bond acceptors (Lipinski definition) is 9. The van der Waals surface area contributed by atoms with Crippen molar-refractivity contribution < 1.29 is 35.1 Å². The molecular weight excluding hydrogens is 261 g/mol. The molecule has 12 heteroatoms. The molecule has 0 rings (SSSR count). The van der Waals surface area contributed by atoms with Crippen LogP contribution in [0.5, 0.6) is 0 Å². The summed E-state index contributed by atoms with van der Waals surface area (Å²) in [4.78, 5) is 38.7. The van der Waals surface area contributed by atoms with Crippen LogP contribution in [-0.2, 0) is 20.4 Å². The van der Waals surface area contributed by atoms with E-state index in [1.165, 1.54) is 6.92 Å². The van der Waals surface area contributed by atoms with E-state index in [0.717, 1.165) is 6.92 Å². The van der Waals surface area contributed by atoms with Crippen molar-refractivity contribution in [2.24, 2.45) is 0 Å². The normalized spacial score (nSPS) is 10.8. The Morgan fingerprint density at radius 2 is 2.12 bits per heavy atom. The summed E-state index contributed by atoms with van der Waals surface area (Å²) in [6, 6.07) is 0. The van der Waals surface area contributed by atoms with Crippen molar-refractivity contribution in [1.29, 1.82) is 0 Å². The number of hydrogen-bond donors (Lipinski definition) is 2. The molecule has 0 aromatic rings. The first-order valence-corrected chi connectivity index (χ1v) is 7.14. The summed E-state index contributed by atoms with van der Waals surface area (Å²) in [6.45, 7) is 2.33. The molecule has 0 aliphatic heterocycles. The van der Waals surface area contributed by atoms with Gasteiger partial charge in [0.1, 0.15) is 0 Å². The fourth-order valence-corrected chi connectivity index (χ4v) is 3.09. The summed E-state index contributed by atoms with van der Waals surface area (Å²) < 4.78 is 16.9. The number of carbonyl (C=O) groups excluding carboxylic acids is 1. The molecule has 0 aromatic carbocycles. The van der Waals surface area contributed by atoms with E-state index in [2.05, 4.69) is 15.6 Å². The topological polar surface area (TPSA) is 138 Å². The van der Waals surface area contributed by atoms with Gasteiger partial charge in [-0.3, -0.25) is 4.79 Å². The molecular formula is C4H10AlNO9Si. The highest BCUT2D eigenvalue weighted by molar-refractivity contribution is 6.60. The van der Waals surface area contributed by atoms with Gasteiger partial charge in [0.25, 0.3) is 11.1 Å². The fraction of sp³-hybridized carbons (Fsp3) is 0.750. The quantitative estimate of drug-likeness (QED) is 0.312. The first-order valence-electron chi connectivity index (χ1n) is 4.01. The standard InChI is InChI=1S/C2H7O4Si.C2H4O2.Al.NO3/c1-2-6-7(3,4)5;1-2(3)4;;2-1(3)4/h3-4H,2H2,1H3;1H3,(H,3,4);;/q-1;;+3;-1/p-1. The Balaban J connectivity index is 4.39. The fourth-order valence-electron chi connectivity index (χ4n) is 0.620. The molecule has 16 heavy (non-hydrogen) atoms. The zero-order valence-corrected chi connectivity index (χ0v) is 10.6. The van der Waals surface area contributed by atoms with Gasteiger partial charge < -0.3 is 25.2 Å². The van der Waals surface area contributed by atoms with Gasteiger partial charge in [0, 0.05) is 13.5 Å². The van der Waals surface area contributed by atoms with Gasteiger partial charge in [-0.2, -0.15) is 0 Å². The maximum Gasteiger partial charge on any atom is 1.01 e. The minimum atomic E-state index is -4.55. The van der Waals surface area contributed by atoms with Crippen LogP contribution < -0.4 is 0 Å². The second-order valence-corrected chi connectivity index (χ2v) is 5.68. The highest BCUT2D eigenvalue weighted by Gasteiger charge is 2.51. The third kappa shape index (κ3) is 7.54. The van der Waals surface area contributed by atoms with Gasteiger partial charge in [-0.25, -0.2) is 0 Å². The zero-order chi connectivity index (χ0) is 12.8. The summed E-state index contributed by atoms with van der Waals surface area (Å²) >= 11 is -3.62. The molecule has 10 nitrogen and oxygen atoms in total. The molecule has 0 radical (unpaired) electrons. The second-order valence-electron chi connectivity index (χ2n) is 2.33. The first kappa shape index (κ1) is 15.3. The number of nitrogens with zero attached hydrogens (tertiary/aromatic N) is 1. The Hall–Kier alpha value is -0.741. The van der Waals surface area contributed by atoms with E-state index in [-0.39, 0.29) is 6.61 Å². The summed E-state index contributed by atoms with van der Waals surface area (Å²) in [7, 11) is -4.55. The Morgan fingerprint density at radius 1 is 1.56 bits per heavy atom. The van der Waals surface area contributed by atoms with Crippen LogP contribution in [-0.4, -0.2) is 51.5 Å². The summed E-state index contributed by atoms with van der Waals surface area (Å²) in [5, 5.41) is 8.74. The average molecular weight is 271 g/mol. The Bertz CT molecular complexity index is 244. The molecule has 0 unspecified atom stereocenters. The van der Waals surface area contributed by atoms with Gasteiger partial charge in [-0.1, -0.05) is 0 Å². The highest BCUT2D eigenvalue weighted by Crippen LogP contribution is 2.04. The van der Waals surface area contributed by atoms with Crippen LogP contribution in [0.15, 0.2) is 0 Å². The molecule has 0 amide bonds. The van der Waals surface area contributed by atoms with E-state index in [1.54, 1.807) is 0 Å². The van der Waals surface area contributed by atoms with Crippen LogP contribution in [0.2, 0.25) is 0 Å². The minimum Gasteiger partial charge on any atom is -0.577 e. The van der Waals surface area contributed by atoms with E-state index < -0.39 is 35.3 Å². The first-order chi connectivity index (χ1) is 7.26. The van der Waals surface area contributed by atoms with Gasteiger partial charge in [0.05, 0.1) is 0 Å². The maximum atomic E-state index is 10.5. The summed E-state index contributed by atoms with van der Waals surface area (Å²) in [6.07, 6.45) is 0. The van der Waals surface area contributed by atoms with Crippen molar-refractivity contribution in [1.82, 2.24) is 0 Å². The predicted molar refractivity (Wildman–Crippen MR) is 48.5 cm³/mol. The summed E-state index contributed by atoms with van der Waals surface area (Å²) in [5.41, 5.74) is 0. The molecule has 0 heterocycles. The molecule has 92 valence electrons. The van der Waals surface area contributed by atoms with Gasteiger partial charge in [0.2, 0.25) is 0 Å². The van der Waals surface area contributed by atoms with Crippen LogP contribution in [0.1, 0.15) is 13.8 Å². The van der Waals surface area contributed by atoms with Crippen LogP contribution in [0, 0.1) is 10.1 Å². The molecule has 0 aromatic heterocycles. The van der Waals surface area contributed by atoms with Crippen molar-refractivity contribution in [2.75, 3.05) is 6.61 Å². The van der Waals surface area contributed by atoms with E-state index in [1.807, 2.05) is 0 Å². The lowest BCUT2D eigenvalue weighted by atomic mass is 10.9. The molecule has 0 atom stereocenters. The monoisotopic (exact) mass is 271 g/mol. The second kappa shape index (κ2) is 6.76. The maximum absolute atomic E-state index is 10.5. The third-order valence-electron chi connectivity index (χ3n) is 1.02. The molecule has 0 saturated heterocycles. The van der Waals surface area contributed by atoms with Crippen molar-refractivity contribution in [2.45, 2.75) is 13.8 Å². The minimum absolute atomic E-state index is 0.0844. The van der Waals surface area contributed by atoms with Gasteiger partial charge in [0.15, 0.2) is 0 Å². The lowest BCUT2D eigenvalue weighted by Gasteiger charge is -2.18. The molecule has 0 saturated carbocycles. The van der Waals surface area contributed by atoms with Crippen molar-refractivity contribution in [3.8, 4) is 0 Å². The smallest absolute Gasteiger partial charge is 0.577 e. The Labute approximate surface area is 96.3 Å². The average Bonchev–Trinajstić information content (AvgIpc) is 1.98. The highest BCUT2D eigenvalue weighted by atomic mass is 28.4.